The Morgan fingerprint density at radius 3 is 2.58 bits per heavy atom. The molecule has 180 valence electrons. The Balaban J connectivity index is 1.53. The summed E-state index contributed by atoms with van der Waals surface area (Å²) in [6, 6.07) is 3.46. The number of benzene rings is 1. The van der Waals surface area contributed by atoms with E-state index in [1.807, 2.05) is 0 Å². The molecule has 0 aliphatic heterocycles. The smallest absolute Gasteiger partial charge is 0.471 e. The molecule has 0 spiro atoms. The van der Waals surface area contributed by atoms with E-state index in [1.54, 1.807) is 17.4 Å². The molecule has 0 saturated heterocycles. The van der Waals surface area contributed by atoms with Gasteiger partial charge in [0, 0.05) is 30.5 Å². The Morgan fingerprint density at radius 2 is 1.85 bits per heavy atom. The molecule has 2 unspecified atom stereocenters. The Morgan fingerprint density at radius 1 is 1.09 bits per heavy atom. The summed E-state index contributed by atoms with van der Waals surface area (Å²) in [5.74, 6) is -1.53. The zero-order valence-corrected chi connectivity index (χ0v) is 18.6. The van der Waals surface area contributed by atoms with Crippen LogP contribution in [0.25, 0.3) is 10.9 Å². The van der Waals surface area contributed by atoms with E-state index in [4.69, 9.17) is 21.1 Å². The Bertz CT molecular complexity index is 1010. The van der Waals surface area contributed by atoms with Gasteiger partial charge in [0.15, 0.2) is 11.5 Å². The number of hydrogen-bond acceptors (Lipinski definition) is 6. The van der Waals surface area contributed by atoms with Crippen LogP contribution in [0.5, 0.6) is 11.5 Å². The first kappa shape index (κ1) is 24.8. The van der Waals surface area contributed by atoms with Crippen LogP contribution in [0.15, 0.2) is 18.5 Å². The molecule has 2 N–H and O–H groups in total. The molecule has 0 radical (unpaired) electrons. The van der Waals surface area contributed by atoms with Gasteiger partial charge in [-0.3, -0.25) is 9.59 Å². The number of ether oxygens (including phenoxy) is 2. The highest BCUT2D eigenvalue weighted by atomic mass is 35.5. The minimum Gasteiger partial charge on any atom is -0.493 e. The summed E-state index contributed by atoms with van der Waals surface area (Å²) in [6.45, 7) is -0.370. The third kappa shape index (κ3) is 6.59. The van der Waals surface area contributed by atoms with E-state index in [0.29, 0.717) is 46.8 Å². The monoisotopic (exact) mass is 488 g/mol. The molecule has 3 rings (SSSR count). The molecule has 1 aromatic heterocycles. The van der Waals surface area contributed by atoms with E-state index in [2.05, 4.69) is 15.3 Å². The van der Waals surface area contributed by atoms with Crippen molar-refractivity contribution >= 4 is 34.3 Å². The minimum absolute atomic E-state index is 0.0752. The fourth-order valence-electron chi connectivity index (χ4n) is 3.72. The molecule has 2 atom stereocenters. The fraction of sp³-hybridized carbons (Fsp3) is 0.524. The number of hydrogen-bond donors (Lipinski definition) is 2. The largest absolute Gasteiger partial charge is 0.493 e. The van der Waals surface area contributed by atoms with Crippen molar-refractivity contribution in [1.29, 1.82) is 0 Å². The molecule has 1 aromatic carbocycles. The Kier molecular flexibility index (Phi) is 8.17. The number of nitrogens with one attached hydrogen (secondary N) is 2. The summed E-state index contributed by atoms with van der Waals surface area (Å²) in [5, 5.41) is 5.25. The summed E-state index contributed by atoms with van der Waals surface area (Å²) >= 11 is 6.17. The van der Waals surface area contributed by atoms with Crippen LogP contribution in [-0.4, -0.2) is 54.3 Å². The van der Waals surface area contributed by atoms with Gasteiger partial charge in [0.25, 0.3) is 0 Å². The van der Waals surface area contributed by atoms with Crippen molar-refractivity contribution in [2.45, 2.75) is 44.4 Å². The molecule has 0 bridgehead atoms. The molecule has 2 amide bonds. The Hall–Kier alpha value is -2.82. The molecule has 1 aliphatic rings. The van der Waals surface area contributed by atoms with Crippen LogP contribution in [0.1, 0.15) is 32.1 Å². The highest BCUT2D eigenvalue weighted by Crippen LogP contribution is 2.36. The molecule has 1 aliphatic carbocycles. The molecule has 1 heterocycles. The molecule has 1 saturated carbocycles. The lowest BCUT2D eigenvalue weighted by molar-refractivity contribution is -0.173. The number of halogens is 4. The number of aromatic nitrogens is 2. The highest BCUT2D eigenvalue weighted by Gasteiger charge is 2.38. The first-order valence-electron chi connectivity index (χ1n) is 10.5. The maximum absolute atomic E-state index is 12.4. The quantitative estimate of drug-likeness (QED) is 0.352. The van der Waals surface area contributed by atoms with E-state index in [-0.39, 0.29) is 31.0 Å². The van der Waals surface area contributed by atoms with E-state index in [0.717, 1.165) is 12.8 Å². The maximum Gasteiger partial charge on any atom is 0.471 e. The lowest BCUT2D eigenvalue weighted by Crippen LogP contribution is -2.42. The van der Waals surface area contributed by atoms with E-state index >= 15 is 0 Å². The SMILES string of the molecule is COc1cc2ncnc(Cl)c2cc1OC1CCCC(C(=O)NCCNC(=O)C(F)(F)F)CC1. The molecular formula is C21H24ClF3N4O4. The van der Waals surface area contributed by atoms with Crippen LogP contribution in [0, 0.1) is 5.92 Å². The molecule has 2 aromatic rings. The van der Waals surface area contributed by atoms with Gasteiger partial charge < -0.3 is 20.1 Å². The number of carbonyl (C=O) groups excluding carboxylic acids is 2. The number of carbonyl (C=O) groups is 2. The van der Waals surface area contributed by atoms with Gasteiger partial charge in [-0.1, -0.05) is 11.6 Å². The van der Waals surface area contributed by atoms with Crippen molar-refractivity contribution in [2.75, 3.05) is 20.2 Å². The van der Waals surface area contributed by atoms with E-state index < -0.39 is 12.1 Å². The van der Waals surface area contributed by atoms with Gasteiger partial charge in [-0.15, -0.1) is 0 Å². The Labute approximate surface area is 193 Å². The van der Waals surface area contributed by atoms with Gasteiger partial charge in [0.1, 0.15) is 11.5 Å². The van der Waals surface area contributed by atoms with Crippen LogP contribution in [0.2, 0.25) is 5.15 Å². The standard InChI is InChI=1S/C21H24ClF3N4O4/c1-32-16-10-15-14(18(22)29-11-28-15)9-17(16)33-13-4-2-3-12(5-6-13)19(30)26-7-8-27-20(31)21(23,24)25/h9-13H,2-8H2,1H3,(H,26,30)(H,27,31). The summed E-state index contributed by atoms with van der Waals surface area (Å²) in [7, 11) is 1.53. The summed E-state index contributed by atoms with van der Waals surface area (Å²) in [4.78, 5) is 31.4. The van der Waals surface area contributed by atoms with Crippen LogP contribution >= 0.6 is 11.6 Å². The predicted molar refractivity (Wildman–Crippen MR) is 114 cm³/mol. The van der Waals surface area contributed by atoms with E-state index in [1.165, 1.54) is 13.4 Å². The van der Waals surface area contributed by atoms with Crippen LogP contribution in [0.3, 0.4) is 0 Å². The summed E-state index contributed by atoms with van der Waals surface area (Å²) in [5.41, 5.74) is 0.628. The van der Waals surface area contributed by atoms with E-state index in [9.17, 15) is 22.8 Å². The maximum atomic E-state index is 12.4. The number of amides is 2. The summed E-state index contributed by atoms with van der Waals surface area (Å²) in [6.07, 6.45) is -0.441. The van der Waals surface area contributed by atoms with Gasteiger partial charge in [-0.2, -0.15) is 13.2 Å². The second kappa shape index (κ2) is 10.9. The second-order valence-electron chi connectivity index (χ2n) is 7.67. The zero-order chi connectivity index (χ0) is 24.0. The van der Waals surface area contributed by atoms with Crippen LogP contribution in [0.4, 0.5) is 13.2 Å². The van der Waals surface area contributed by atoms with Gasteiger partial charge in [0.05, 0.1) is 18.7 Å². The average molecular weight is 489 g/mol. The fourth-order valence-corrected chi connectivity index (χ4v) is 3.91. The van der Waals surface area contributed by atoms with Crippen molar-refractivity contribution in [3.8, 4) is 11.5 Å². The molecule has 8 nitrogen and oxygen atoms in total. The number of alkyl halides is 3. The molecule has 12 heteroatoms. The van der Waals surface area contributed by atoms with Crippen molar-refractivity contribution < 1.29 is 32.2 Å². The number of rotatable bonds is 7. The number of methoxy groups -OCH3 is 1. The zero-order valence-electron chi connectivity index (χ0n) is 17.9. The first-order chi connectivity index (χ1) is 15.7. The van der Waals surface area contributed by atoms with Gasteiger partial charge in [-0.05, 0) is 38.2 Å². The van der Waals surface area contributed by atoms with Crippen molar-refractivity contribution in [1.82, 2.24) is 20.6 Å². The van der Waals surface area contributed by atoms with Gasteiger partial charge in [0.2, 0.25) is 5.91 Å². The van der Waals surface area contributed by atoms with Crippen molar-refractivity contribution in [3.05, 3.63) is 23.6 Å². The molecular weight excluding hydrogens is 465 g/mol. The first-order valence-corrected chi connectivity index (χ1v) is 10.8. The van der Waals surface area contributed by atoms with Crippen LogP contribution in [-0.2, 0) is 9.59 Å². The van der Waals surface area contributed by atoms with Gasteiger partial charge in [-0.25, -0.2) is 9.97 Å². The summed E-state index contributed by atoms with van der Waals surface area (Å²) < 4.78 is 48.1. The minimum atomic E-state index is -4.94. The topological polar surface area (TPSA) is 102 Å². The lowest BCUT2D eigenvalue weighted by Gasteiger charge is -2.20. The number of nitrogens with zero attached hydrogens (tertiary/aromatic N) is 2. The van der Waals surface area contributed by atoms with Crippen molar-refractivity contribution in [3.63, 3.8) is 0 Å². The predicted octanol–water partition coefficient (Wildman–Crippen LogP) is 3.41. The lowest BCUT2D eigenvalue weighted by atomic mass is 9.99. The highest BCUT2D eigenvalue weighted by molar-refractivity contribution is 6.34. The average Bonchev–Trinajstić information content (AvgIpc) is 3.01. The normalized spacial score (nSPS) is 18.9. The molecule has 33 heavy (non-hydrogen) atoms. The number of fused-ring (bicyclic) bond motifs is 1. The molecule has 1 fully saturated rings. The second-order valence-corrected chi connectivity index (χ2v) is 8.03. The van der Waals surface area contributed by atoms with Gasteiger partial charge >= 0.3 is 12.1 Å². The third-order valence-corrected chi connectivity index (χ3v) is 5.72. The van der Waals surface area contributed by atoms with Crippen molar-refractivity contribution in [2.24, 2.45) is 5.92 Å². The third-order valence-electron chi connectivity index (χ3n) is 5.42. The van der Waals surface area contributed by atoms with Crippen LogP contribution < -0.4 is 20.1 Å².